The lowest BCUT2D eigenvalue weighted by atomic mass is 10.1. The highest BCUT2D eigenvalue weighted by atomic mass is 35.5. The van der Waals surface area contributed by atoms with Gasteiger partial charge in [0.2, 0.25) is 0 Å². The Bertz CT molecular complexity index is 634. The van der Waals surface area contributed by atoms with Crippen molar-refractivity contribution in [2.45, 2.75) is 6.61 Å². The molecule has 0 atom stereocenters. The van der Waals surface area contributed by atoms with E-state index in [1.54, 1.807) is 25.2 Å². The summed E-state index contributed by atoms with van der Waals surface area (Å²) in [6.07, 6.45) is 0. The second-order valence-electron chi connectivity index (χ2n) is 3.69. The molecule has 1 aromatic heterocycles. The van der Waals surface area contributed by atoms with Crippen molar-refractivity contribution in [3.63, 3.8) is 0 Å². The van der Waals surface area contributed by atoms with E-state index in [9.17, 15) is 9.90 Å². The van der Waals surface area contributed by atoms with Crippen LogP contribution < -0.4 is 10.3 Å². The molecular formula is C12H12ClNO3. The zero-order valence-electron chi connectivity index (χ0n) is 9.53. The predicted octanol–water partition coefficient (Wildman–Crippen LogP) is 1.69. The monoisotopic (exact) mass is 253 g/mol. The van der Waals surface area contributed by atoms with E-state index >= 15 is 0 Å². The van der Waals surface area contributed by atoms with Crippen molar-refractivity contribution in [3.05, 3.63) is 39.3 Å². The maximum absolute atomic E-state index is 12.0. The minimum atomic E-state index is -0.267. The second-order valence-corrected chi connectivity index (χ2v) is 4.13. The van der Waals surface area contributed by atoms with Crippen LogP contribution in [0.2, 0.25) is 5.02 Å². The molecule has 2 rings (SSSR count). The van der Waals surface area contributed by atoms with Gasteiger partial charge < -0.3 is 14.4 Å². The maximum atomic E-state index is 12.0. The molecule has 1 N–H and O–H groups in total. The van der Waals surface area contributed by atoms with Crippen LogP contribution >= 0.6 is 11.6 Å². The van der Waals surface area contributed by atoms with E-state index in [4.69, 9.17) is 16.3 Å². The zero-order chi connectivity index (χ0) is 12.6. The van der Waals surface area contributed by atoms with Crippen LogP contribution in [0.15, 0.2) is 23.0 Å². The van der Waals surface area contributed by atoms with Gasteiger partial charge in [0.1, 0.15) is 5.75 Å². The lowest BCUT2D eigenvalue weighted by Crippen LogP contribution is -2.21. The number of benzene rings is 1. The molecule has 0 aliphatic rings. The first kappa shape index (κ1) is 12.0. The number of halogens is 1. The molecule has 1 aromatic carbocycles. The molecule has 0 aliphatic carbocycles. The summed E-state index contributed by atoms with van der Waals surface area (Å²) in [7, 11) is 3.10. The van der Waals surface area contributed by atoms with Gasteiger partial charge >= 0.3 is 0 Å². The van der Waals surface area contributed by atoms with Crippen LogP contribution in [0, 0.1) is 0 Å². The summed E-state index contributed by atoms with van der Waals surface area (Å²) in [6, 6.07) is 4.98. The Morgan fingerprint density at radius 3 is 2.71 bits per heavy atom. The minimum Gasteiger partial charge on any atom is -0.494 e. The van der Waals surface area contributed by atoms with E-state index in [0.717, 1.165) is 0 Å². The number of aromatic nitrogens is 1. The maximum Gasteiger partial charge on any atom is 0.258 e. The van der Waals surface area contributed by atoms with Crippen molar-refractivity contribution in [1.82, 2.24) is 4.57 Å². The van der Waals surface area contributed by atoms with Crippen molar-refractivity contribution in [3.8, 4) is 5.75 Å². The molecule has 0 fully saturated rings. The molecule has 0 aliphatic heterocycles. The number of ether oxygens (including phenoxy) is 1. The van der Waals surface area contributed by atoms with Gasteiger partial charge in [0.15, 0.2) is 0 Å². The van der Waals surface area contributed by atoms with E-state index in [2.05, 4.69) is 0 Å². The van der Waals surface area contributed by atoms with Gasteiger partial charge in [-0.05, 0) is 18.2 Å². The van der Waals surface area contributed by atoms with Crippen LogP contribution in [-0.2, 0) is 13.7 Å². The Morgan fingerprint density at radius 1 is 1.41 bits per heavy atom. The number of aliphatic hydroxyl groups excluding tert-OH is 1. The standard InChI is InChI=1S/C12H12ClNO3/c1-14-10(6-15)11(17-2)9-5-7(13)3-4-8(9)12(14)16/h3-5,15H,6H2,1-2H3. The number of methoxy groups -OCH3 is 1. The quantitative estimate of drug-likeness (QED) is 0.886. The van der Waals surface area contributed by atoms with E-state index in [1.807, 2.05) is 0 Å². The third kappa shape index (κ3) is 1.79. The summed E-state index contributed by atoms with van der Waals surface area (Å²) in [5, 5.41) is 11.0. The summed E-state index contributed by atoms with van der Waals surface area (Å²) in [5.74, 6) is 0.479. The second kappa shape index (κ2) is 4.39. The summed E-state index contributed by atoms with van der Waals surface area (Å²) < 4.78 is 6.65. The SMILES string of the molecule is COc1c(CO)n(C)c(=O)c2ccc(Cl)cc12. The number of nitrogens with zero attached hydrogens (tertiary/aromatic N) is 1. The number of rotatable bonds is 2. The molecular weight excluding hydrogens is 242 g/mol. The van der Waals surface area contributed by atoms with Crippen LogP contribution in [-0.4, -0.2) is 16.8 Å². The highest BCUT2D eigenvalue weighted by molar-refractivity contribution is 6.31. The molecule has 0 spiro atoms. The van der Waals surface area contributed by atoms with Gasteiger partial charge in [-0.2, -0.15) is 0 Å². The van der Waals surface area contributed by atoms with Crippen molar-refractivity contribution in [2.24, 2.45) is 7.05 Å². The normalized spacial score (nSPS) is 10.8. The Balaban J connectivity index is 3.01. The first-order valence-electron chi connectivity index (χ1n) is 5.06. The summed E-state index contributed by atoms with van der Waals surface area (Å²) in [6.45, 7) is -0.267. The number of aliphatic hydroxyl groups is 1. The van der Waals surface area contributed by atoms with E-state index in [1.165, 1.54) is 11.7 Å². The van der Waals surface area contributed by atoms with Gasteiger partial charge in [-0.3, -0.25) is 4.79 Å². The number of hydrogen-bond acceptors (Lipinski definition) is 3. The van der Waals surface area contributed by atoms with Crippen LogP contribution in [0.1, 0.15) is 5.69 Å². The number of fused-ring (bicyclic) bond motifs is 1. The van der Waals surface area contributed by atoms with Crippen molar-refractivity contribution in [2.75, 3.05) is 7.11 Å². The number of hydrogen-bond donors (Lipinski definition) is 1. The van der Waals surface area contributed by atoms with Crippen molar-refractivity contribution >= 4 is 22.4 Å². The Kier molecular flexibility index (Phi) is 3.09. The summed E-state index contributed by atoms with van der Waals surface area (Å²) >= 11 is 5.91. The summed E-state index contributed by atoms with van der Waals surface area (Å²) in [5.41, 5.74) is 0.258. The van der Waals surface area contributed by atoms with E-state index in [-0.39, 0.29) is 12.2 Å². The van der Waals surface area contributed by atoms with Gasteiger partial charge in [0, 0.05) is 17.5 Å². The molecule has 0 amide bonds. The molecule has 0 bridgehead atoms. The Morgan fingerprint density at radius 2 is 2.12 bits per heavy atom. The Labute approximate surface area is 103 Å². The highest BCUT2D eigenvalue weighted by Crippen LogP contribution is 2.29. The smallest absolute Gasteiger partial charge is 0.258 e. The molecule has 0 radical (unpaired) electrons. The minimum absolute atomic E-state index is 0.179. The van der Waals surface area contributed by atoms with Crippen LogP contribution in [0.4, 0.5) is 0 Å². The molecule has 5 heteroatoms. The average molecular weight is 254 g/mol. The average Bonchev–Trinajstić information content (AvgIpc) is 2.33. The molecule has 17 heavy (non-hydrogen) atoms. The fourth-order valence-corrected chi connectivity index (χ4v) is 2.08. The molecule has 90 valence electrons. The molecule has 1 heterocycles. The third-order valence-electron chi connectivity index (χ3n) is 2.78. The fraction of sp³-hybridized carbons (Fsp3) is 0.250. The lowest BCUT2D eigenvalue weighted by Gasteiger charge is -2.14. The first-order chi connectivity index (χ1) is 8.10. The molecule has 0 unspecified atom stereocenters. The van der Waals surface area contributed by atoms with Crippen LogP contribution in [0.3, 0.4) is 0 Å². The predicted molar refractivity (Wildman–Crippen MR) is 66.7 cm³/mol. The van der Waals surface area contributed by atoms with Crippen LogP contribution in [0.25, 0.3) is 10.8 Å². The first-order valence-corrected chi connectivity index (χ1v) is 5.44. The topological polar surface area (TPSA) is 51.5 Å². The summed E-state index contributed by atoms with van der Waals surface area (Å²) in [4.78, 5) is 12.0. The zero-order valence-corrected chi connectivity index (χ0v) is 10.3. The third-order valence-corrected chi connectivity index (χ3v) is 3.02. The van der Waals surface area contributed by atoms with Gasteiger partial charge in [0.05, 0.1) is 24.8 Å². The van der Waals surface area contributed by atoms with E-state index < -0.39 is 0 Å². The molecule has 0 saturated carbocycles. The molecule has 2 aromatic rings. The van der Waals surface area contributed by atoms with Crippen molar-refractivity contribution < 1.29 is 9.84 Å². The van der Waals surface area contributed by atoms with Gasteiger partial charge in [-0.25, -0.2) is 0 Å². The molecule has 0 saturated heterocycles. The molecule has 4 nitrogen and oxygen atoms in total. The lowest BCUT2D eigenvalue weighted by molar-refractivity contribution is 0.262. The van der Waals surface area contributed by atoms with E-state index in [0.29, 0.717) is 27.2 Å². The van der Waals surface area contributed by atoms with Gasteiger partial charge in [0.25, 0.3) is 5.56 Å². The largest absolute Gasteiger partial charge is 0.494 e. The Hall–Kier alpha value is -1.52. The van der Waals surface area contributed by atoms with Gasteiger partial charge in [-0.15, -0.1) is 0 Å². The fourth-order valence-electron chi connectivity index (χ4n) is 1.91. The highest BCUT2D eigenvalue weighted by Gasteiger charge is 2.14. The van der Waals surface area contributed by atoms with Gasteiger partial charge in [-0.1, -0.05) is 11.6 Å². The van der Waals surface area contributed by atoms with Crippen LogP contribution in [0.5, 0.6) is 5.75 Å². The van der Waals surface area contributed by atoms with Crippen molar-refractivity contribution in [1.29, 1.82) is 0 Å². The number of pyridine rings is 1.